The van der Waals surface area contributed by atoms with Crippen molar-refractivity contribution in [2.75, 3.05) is 7.05 Å². The Kier molecular flexibility index (Phi) is 3.86. The fourth-order valence-corrected chi connectivity index (χ4v) is 1.63. The molecular weight excluding hydrogens is 220 g/mol. The number of nitriles is 1. The molecule has 1 aromatic heterocycles. The molecule has 1 heterocycles. The van der Waals surface area contributed by atoms with Crippen molar-refractivity contribution in [2.24, 2.45) is 4.99 Å². The zero-order valence-corrected chi connectivity index (χ0v) is 9.43. The largest absolute Gasteiger partial charge is 0.270 e. The third-order valence-corrected chi connectivity index (χ3v) is 2.72. The molecule has 0 aliphatic rings. The van der Waals surface area contributed by atoms with Crippen LogP contribution in [-0.2, 0) is 6.54 Å². The van der Waals surface area contributed by atoms with Gasteiger partial charge in [-0.25, -0.2) is 4.98 Å². The fraction of sp³-hybridized carbons (Fsp3) is 0.375. The van der Waals surface area contributed by atoms with E-state index in [0.29, 0.717) is 16.8 Å². The second-order valence-corrected chi connectivity index (χ2v) is 4.30. The van der Waals surface area contributed by atoms with Gasteiger partial charge in [0.2, 0.25) is 0 Å². The zero-order valence-electron chi connectivity index (χ0n) is 7.86. The van der Waals surface area contributed by atoms with Crippen molar-refractivity contribution in [1.82, 2.24) is 9.88 Å². The molecule has 1 rings (SSSR count). The highest BCUT2D eigenvalue weighted by Crippen LogP contribution is 2.18. The van der Waals surface area contributed by atoms with Crippen molar-refractivity contribution in [3.05, 3.63) is 15.5 Å². The smallest absolute Gasteiger partial charge is 0.184 e. The van der Waals surface area contributed by atoms with Gasteiger partial charge in [-0.05, 0) is 6.92 Å². The molecule has 0 amide bonds. The second-order valence-electron chi connectivity index (χ2n) is 2.60. The monoisotopic (exact) mass is 228 g/mol. The molecule has 0 atom stereocenters. The molecule has 0 fully saturated rings. The van der Waals surface area contributed by atoms with Gasteiger partial charge in [-0.3, -0.25) is 9.89 Å². The van der Waals surface area contributed by atoms with Gasteiger partial charge in [0, 0.05) is 18.1 Å². The number of hydrogen-bond donors (Lipinski definition) is 0. The maximum atomic E-state index is 8.57. The average molecular weight is 229 g/mol. The number of thiazole rings is 1. The van der Waals surface area contributed by atoms with E-state index in [9.17, 15) is 0 Å². The van der Waals surface area contributed by atoms with E-state index in [-0.39, 0.29) is 0 Å². The molecule has 0 aromatic carbocycles. The van der Waals surface area contributed by atoms with E-state index < -0.39 is 0 Å². The summed E-state index contributed by atoms with van der Waals surface area (Å²) in [6.45, 7) is 2.30. The van der Waals surface area contributed by atoms with Crippen LogP contribution in [0.2, 0.25) is 4.47 Å². The standard InChI is InChI=1S/C8H9ClN4S/c1-6(13(2)5-10)11-3-7-4-12-8(9)14-7/h4H,3H2,1-2H3. The normalized spacial score (nSPS) is 11.1. The SMILES string of the molecule is CC(=NCc1cnc(Cl)s1)N(C)C#N. The van der Waals surface area contributed by atoms with E-state index in [0.717, 1.165) is 4.88 Å². The van der Waals surface area contributed by atoms with Crippen LogP contribution in [0.5, 0.6) is 0 Å². The number of amidine groups is 1. The Labute approximate surface area is 91.5 Å². The van der Waals surface area contributed by atoms with Crippen molar-refractivity contribution in [3.8, 4) is 6.19 Å². The van der Waals surface area contributed by atoms with Gasteiger partial charge in [0.1, 0.15) is 5.84 Å². The van der Waals surface area contributed by atoms with Crippen LogP contribution in [0.3, 0.4) is 0 Å². The quantitative estimate of drug-likeness (QED) is 0.337. The van der Waals surface area contributed by atoms with Crippen LogP contribution in [0.4, 0.5) is 0 Å². The zero-order chi connectivity index (χ0) is 10.6. The van der Waals surface area contributed by atoms with E-state index in [1.54, 1.807) is 20.2 Å². The summed E-state index contributed by atoms with van der Waals surface area (Å²) in [5.41, 5.74) is 0. The van der Waals surface area contributed by atoms with Gasteiger partial charge < -0.3 is 0 Å². The lowest BCUT2D eigenvalue weighted by Gasteiger charge is -2.06. The van der Waals surface area contributed by atoms with Crippen LogP contribution in [-0.4, -0.2) is 22.8 Å². The first-order chi connectivity index (χ1) is 6.63. The Bertz CT molecular complexity index is 379. The van der Waals surface area contributed by atoms with Crippen LogP contribution < -0.4 is 0 Å². The molecule has 14 heavy (non-hydrogen) atoms. The molecule has 0 radical (unpaired) electrons. The summed E-state index contributed by atoms with van der Waals surface area (Å²) in [5, 5.41) is 8.57. The molecule has 6 heteroatoms. The first kappa shape index (κ1) is 11.0. The third-order valence-electron chi connectivity index (χ3n) is 1.62. The number of halogens is 1. The number of nitrogens with zero attached hydrogens (tertiary/aromatic N) is 4. The van der Waals surface area contributed by atoms with Gasteiger partial charge >= 0.3 is 0 Å². The lowest BCUT2D eigenvalue weighted by molar-refractivity contribution is 0.698. The lowest BCUT2D eigenvalue weighted by atomic mass is 10.5. The molecule has 0 N–H and O–H groups in total. The second kappa shape index (κ2) is 4.94. The Balaban J connectivity index is 2.60. The van der Waals surface area contributed by atoms with Gasteiger partial charge in [0.25, 0.3) is 0 Å². The Hall–Kier alpha value is -1.12. The third kappa shape index (κ3) is 2.98. The highest BCUT2D eigenvalue weighted by atomic mass is 35.5. The van der Waals surface area contributed by atoms with Crippen molar-refractivity contribution in [3.63, 3.8) is 0 Å². The molecule has 0 spiro atoms. The predicted molar refractivity (Wildman–Crippen MR) is 57.3 cm³/mol. The summed E-state index contributed by atoms with van der Waals surface area (Å²) >= 11 is 7.06. The summed E-state index contributed by atoms with van der Waals surface area (Å²) in [6.07, 6.45) is 3.66. The molecular formula is C8H9ClN4S. The van der Waals surface area contributed by atoms with E-state index in [1.807, 2.05) is 6.19 Å². The Morgan fingerprint density at radius 1 is 1.86 bits per heavy atom. The van der Waals surface area contributed by atoms with Gasteiger partial charge in [0.15, 0.2) is 10.7 Å². The van der Waals surface area contributed by atoms with Gasteiger partial charge in [-0.1, -0.05) is 11.6 Å². The summed E-state index contributed by atoms with van der Waals surface area (Å²) in [5.74, 6) is 0.678. The maximum absolute atomic E-state index is 8.57. The average Bonchev–Trinajstić information content (AvgIpc) is 2.59. The van der Waals surface area contributed by atoms with Crippen molar-refractivity contribution in [1.29, 1.82) is 5.26 Å². The number of hydrogen-bond acceptors (Lipinski definition) is 4. The first-order valence-electron chi connectivity index (χ1n) is 3.88. The van der Waals surface area contributed by atoms with Crippen LogP contribution in [0.25, 0.3) is 0 Å². The maximum Gasteiger partial charge on any atom is 0.184 e. The van der Waals surface area contributed by atoms with E-state index in [4.69, 9.17) is 16.9 Å². The van der Waals surface area contributed by atoms with Crippen molar-refractivity contribution in [2.45, 2.75) is 13.5 Å². The minimum atomic E-state index is 0.515. The molecule has 4 nitrogen and oxygen atoms in total. The molecule has 0 bridgehead atoms. The van der Waals surface area contributed by atoms with Crippen molar-refractivity contribution < 1.29 is 0 Å². The van der Waals surface area contributed by atoms with Crippen LogP contribution in [0.15, 0.2) is 11.2 Å². The molecule has 0 aliphatic heterocycles. The highest BCUT2D eigenvalue weighted by Gasteiger charge is 2.00. The molecule has 0 aliphatic carbocycles. The Morgan fingerprint density at radius 2 is 2.57 bits per heavy atom. The predicted octanol–water partition coefficient (Wildman–Crippen LogP) is 2.13. The van der Waals surface area contributed by atoms with E-state index in [1.165, 1.54) is 16.2 Å². The van der Waals surface area contributed by atoms with Crippen molar-refractivity contribution >= 4 is 28.8 Å². The molecule has 0 saturated heterocycles. The summed E-state index contributed by atoms with van der Waals surface area (Å²) in [4.78, 5) is 10.5. The van der Waals surface area contributed by atoms with Gasteiger partial charge in [-0.15, -0.1) is 11.3 Å². The highest BCUT2D eigenvalue weighted by molar-refractivity contribution is 7.15. The summed E-state index contributed by atoms with van der Waals surface area (Å²) in [7, 11) is 1.67. The van der Waals surface area contributed by atoms with Crippen LogP contribution in [0, 0.1) is 11.5 Å². The molecule has 74 valence electrons. The summed E-state index contributed by atoms with van der Waals surface area (Å²) in [6, 6.07) is 0. The van der Waals surface area contributed by atoms with E-state index >= 15 is 0 Å². The van der Waals surface area contributed by atoms with Crippen LogP contribution in [0.1, 0.15) is 11.8 Å². The van der Waals surface area contributed by atoms with Crippen LogP contribution >= 0.6 is 22.9 Å². The van der Waals surface area contributed by atoms with Gasteiger partial charge in [-0.2, -0.15) is 5.26 Å². The number of aromatic nitrogens is 1. The molecule has 0 saturated carbocycles. The Morgan fingerprint density at radius 3 is 3.07 bits per heavy atom. The fourth-order valence-electron chi connectivity index (χ4n) is 0.727. The molecule has 1 aromatic rings. The topological polar surface area (TPSA) is 52.3 Å². The lowest BCUT2D eigenvalue weighted by Crippen LogP contribution is -2.17. The number of aliphatic imine (C=N–C) groups is 1. The minimum Gasteiger partial charge on any atom is -0.270 e. The van der Waals surface area contributed by atoms with E-state index in [2.05, 4.69) is 9.98 Å². The minimum absolute atomic E-state index is 0.515. The molecule has 0 unspecified atom stereocenters. The number of rotatable bonds is 2. The first-order valence-corrected chi connectivity index (χ1v) is 5.07. The van der Waals surface area contributed by atoms with Gasteiger partial charge in [0.05, 0.1) is 6.54 Å². The summed E-state index contributed by atoms with van der Waals surface area (Å²) < 4.78 is 0.515.